The van der Waals surface area contributed by atoms with Gasteiger partial charge >= 0.3 is 0 Å². The second kappa shape index (κ2) is 4.05. The highest BCUT2D eigenvalue weighted by Crippen LogP contribution is 2.06. The molecular formula is C9H8FN5O. The summed E-state index contributed by atoms with van der Waals surface area (Å²) in [5.74, 6) is -1.18. The van der Waals surface area contributed by atoms with Crippen LogP contribution in [-0.4, -0.2) is 25.7 Å². The van der Waals surface area contributed by atoms with Gasteiger partial charge in [0.2, 0.25) is 11.9 Å². The molecule has 2 rings (SSSR count). The first-order valence-corrected chi connectivity index (χ1v) is 4.44. The molecule has 0 radical (unpaired) electrons. The van der Waals surface area contributed by atoms with Gasteiger partial charge in [0.25, 0.3) is 5.91 Å². The van der Waals surface area contributed by atoms with Crippen LogP contribution in [0, 0.1) is 5.95 Å². The minimum absolute atomic E-state index is 0.134. The number of nitrogens with one attached hydrogen (secondary N) is 1. The maximum absolute atomic E-state index is 13.2. The number of amides is 1. The number of pyridine rings is 1. The summed E-state index contributed by atoms with van der Waals surface area (Å²) in [5.41, 5.74) is -0.134. The van der Waals surface area contributed by atoms with Gasteiger partial charge in [0.15, 0.2) is 0 Å². The molecule has 6 nitrogen and oxygen atoms in total. The average Bonchev–Trinajstić information content (AvgIpc) is 2.65. The first kappa shape index (κ1) is 10.2. The number of hydrogen-bond acceptors (Lipinski definition) is 4. The van der Waals surface area contributed by atoms with Crippen LogP contribution >= 0.6 is 0 Å². The van der Waals surface area contributed by atoms with Crippen LogP contribution in [0.15, 0.2) is 24.7 Å². The van der Waals surface area contributed by atoms with E-state index < -0.39 is 11.9 Å². The van der Waals surface area contributed by atoms with E-state index in [4.69, 9.17) is 0 Å². The number of aromatic nitrogens is 4. The molecule has 1 N–H and O–H groups in total. The van der Waals surface area contributed by atoms with Gasteiger partial charge in [0, 0.05) is 13.2 Å². The number of nitrogens with zero attached hydrogens (tertiary/aromatic N) is 4. The molecule has 7 heteroatoms. The van der Waals surface area contributed by atoms with Crippen molar-refractivity contribution < 1.29 is 9.18 Å². The Morgan fingerprint density at radius 2 is 2.31 bits per heavy atom. The maximum Gasteiger partial charge on any atom is 0.262 e. The molecule has 0 aromatic carbocycles. The minimum Gasteiger partial charge on any atom is -0.290 e. The van der Waals surface area contributed by atoms with Gasteiger partial charge < -0.3 is 0 Å². The van der Waals surface area contributed by atoms with E-state index in [1.807, 2.05) is 0 Å². The third-order valence-corrected chi connectivity index (χ3v) is 1.94. The normalized spacial score (nSPS) is 10.1. The summed E-state index contributed by atoms with van der Waals surface area (Å²) in [6.07, 6.45) is 2.56. The van der Waals surface area contributed by atoms with E-state index in [-0.39, 0.29) is 11.5 Å². The molecule has 0 fully saturated rings. The Hall–Kier alpha value is -2.31. The Morgan fingerprint density at radius 1 is 1.50 bits per heavy atom. The van der Waals surface area contributed by atoms with Gasteiger partial charge in [-0.05, 0) is 12.1 Å². The van der Waals surface area contributed by atoms with E-state index in [2.05, 4.69) is 20.4 Å². The standard InChI is InChI=1S/C9H8FN5O/c1-15-9(12-5-13-15)14-8(16)6-3-2-4-11-7(6)10/h2-5H,1H3,(H,12,13,14,16). The fraction of sp³-hybridized carbons (Fsp3) is 0.111. The lowest BCUT2D eigenvalue weighted by molar-refractivity contribution is 0.102. The fourth-order valence-electron chi connectivity index (χ4n) is 1.13. The van der Waals surface area contributed by atoms with E-state index in [0.717, 1.165) is 0 Å². The number of rotatable bonds is 2. The monoisotopic (exact) mass is 221 g/mol. The Labute approximate surface area is 90.1 Å². The molecule has 82 valence electrons. The molecule has 0 saturated carbocycles. The number of hydrogen-bond donors (Lipinski definition) is 1. The first-order valence-electron chi connectivity index (χ1n) is 4.44. The number of carbonyl (C=O) groups is 1. The highest BCUT2D eigenvalue weighted by Gasteiger charge is 2.13. The van der Waals surface area contributed by atoms with Gasteiger partial charge in [0.1, 0.15) is 6.33 Å². The summed E-state index contributed by atoms with van der Waals surface area (Å²) in [6.45, 7) is 0. The molecule has 0 aliphatic rings. The summed E-state index contributed by atoms with van der Waals surface area (Å²) in [4.78, 5) is 18.8. The van der Waals surface area contributed by atoms with Crippen molar-refractivity contribution in [3.8, 4) is 0 Å². The number of anilines is 1. The zero-order valence-electron chi connectivity index (χ0n) is 8.38. The van der Waals surface area contributed by atoms with Crippen LogP contribution in [0.25, 0.3) is 0 Å². The van der Waals surface area contributed by atoms with Gasteiger partial charge in [-0.1, -0.05) is 0 Å². The van der Waals surface area contributed by atoms with Crippen molar-refractivity contribution >= 4 is 11.9 Å². The number of carbonyl (C=O) groups excluding carboxylic acids is 1. The quantitative estimate of drug-likeness (QED) is 0.754. The Bertz CT molecular complexity index is 524. The largest absolute Gasteiger partial charge is 0.290 e. The highest BCUT2D eigenvalue weighted by atomic mass is 19.1. The maximum atomic E-state index is 13.2. The van der Waals surface area contributed by atoms with Gasteiger partial charge in [-0.3, -0.25) is 10.1 Å². The van der Waals surface area contributed by atoms with Crippen molar-refractivity contribution in [3.63, 3.8) is 0 Å². The summed E-state index contributed by atoms with van der Waals surface area (Å²) < 4.78 is 14.5. The molecule has 0 spiro atoms. The molecule has 0 unspecified atom stereocenters. The number of halogens is 1. The van der Waals surface area contributed by atoms with E-state index in [1.165, 1.54) is 29.3 Å². The van der Waals surface area contributed by atoms with Crippen LogP contribution in [0.3, 0.4) is 0 Å². The summed E-state index contributed by atoms with van der Waals surface area (Å²) in [5, 5.41) is 6.18. The third-order valence-electron chi connectivity index (χ3n) is 1.94. The van der Waals surface area contributed by atoms with E-state index >= 15 is 0 Å². The minimum atomic E-state index is -0.817. The van der Waals surface area contributed by atoms with E-state index in [1.54, 1.807) is 7.05 Å². The van der Waals surface area contributed by atoms with E-state index in [9.17, 15) is 9.18 Å². The first-order chi connectivity index (χ1) is 7.68. The van der Waals surface area contributed by atoms with Crippen molar-refractivity contribution in [3.05, 3.63) is 36.2 Å². The predicted molar refractivity (Wildman–Crippen MR) is 53.2 cm³/mol. The molecular weight excluding hydrogens is 213 g/mol. The molecule has 1 amide bonds. The molecule has 16 heavy (non-hydrogen) atoms. The van der Waals surface area contributed by atoms with Crippen molar-refractivity contribution in [1.29, 1.82) is 0 Å². The summed E-state index contributed by atoms with van der Waals surface area (Å²) in [7, 11) is 1.61. The Balaban J connectivity index is 2.22. The molecule has 0 aliphatic heterocycles. The second-order valence-electron chi connectivity index (χ2n) is 3.00. The summed E-state index contributed by atoms with van der Waals surface area (Å²) in [6, 6.07) is 2.82. The topological polar surface area (TPSA) is 72.7 Å². The van der Waals surface area contributed by atoms with Crippen molar-refractivity contribution in [2.45, 2.75) is 0 Å². The zero-order valence-corrected chi connectivity index (χ0v) is 8.38. The molecule has 0 atom stereocenters. The van der Waals surface area contributed by atoms with Crippen LogP contribution in [0.5, 0.6) is 0 Å². The Morgan fingerprint density at radius 3 is 2.94 bits per heavy atom. The van der Waals surface area contributed by atoms with Crippen molar-refractivity contribution in [2.75, 3.05) is 5.32 Å². The molecule has 2 aromatic rings. The lowest BCUT2D eigenvalue weighted by atomic mass is 10.2. The summed E-state index contributed by atoms with van der Waals surface area (Å²) >= 11 is 0. The molecule has 0 aliphatic carbocycles. The van der Waals surface area contributed by atoms with Crippen molar-refractivity contribution in [2.24, 2.45) is 7.05 Å². The van der Waals surface area contributed by atoms with Crippen LogP contribution < -0.4 is 5.32 Å². The van der Waals surface area contributed by atoms with Gasteiger partial charge in [0.05, 0.1) is 5.56 Å². The van der Waals surface area contributed by atoms with Crippen LogP contribution in [-0.2, 0) is 7.05 Å². The van der Waals surface area contributed by atoms with Gasteiger partial charge in [-0.25, -0.2) is 9.67 Å². The van der Waals surface area contributed by atoms with Crippen LogP contribution in [0.1, 0.15) is 10.4 Å². The molecule has 0 bridgehead atoms. The van der Waals surface area contributed by atoms with Crippen molar-refractivity contribution in [1.82, 2.24) is 19.7 Å². The smallest absolute Gasteiger partial charge is 0.262 e. The average molecular weight is 221 g/mol. The van der Waals surface area contributed by atoms with Gasteiger partial charge in [-0.15, -0.1) is 0 Å². The van der Waals surface area contributed by atoms with Gasteiger partial charge in [-0.2, -0.15) is 14.5 Å². The fourth-order valence-corrected chi connectivity index (χ4v) is 1.13. The predicted octanol–water partition coefficient (Wildman–Crippen LogP) is 0.602. The van der Waals surface area contributed by atoms with E-state index in [0.29, 0.717) is 0 Å². The third kappa shape index (κ3) is 1.88. The zero-order chi connectivity index (χ0) is 11.5. The SMILES string of the molecule is Cn1ncnc1NC(=O)c1cccnc1F. The lowest BCUT2D eigenvalue weighted by Crippen LogP contribution is -2.17. The molecule has 2 heterocycles. The van der Waals surface area contributed by atoms with Crippen LogP contribution in [0.2, 0.25) is 0 Å². The van der Waals surface area contributed by atoms with Crippen LogP contribution in [0.4, 0.5) is 10.3 Å². The molecule has 0 saturated heterocycles. The highest BCUT2D eigenvalue weighted by molar-refractivity contribution is 6.03. The lowest BCUT2D eigenvalue weighted by Gasteiger charge is -2.03. The molecule has 2 aromatic heterocycles. The number of aryl methyl sites for hydroxylation is 1. The Kier molecular flexibility index (Phi) is 2.59. The second-order valence-corrected chi connectivity index (χ2v) is 3.00.